The SMILES string of the molecule is Cn1nc2cc1CSc1cc(c3ccccc3c1)OCCCc1c(C(=O)O)n(C)c3c(c(Cl)ccc13)-c1c(nn3c1CCCCC3)CSC2. The van der Waals surface area contributed by atoms with Crippen LogP contribution < -0.4 is 4.74 Å². The molecule has 3 aromatic carbocycles. The predicted molar refractivity (Wildman–Crippen MR) is 199 cm³/mol. The number of aryl methyl sites for hydroxylation is 4. The summed E-state index contributed by atoms with van der Waals surface area (Å²) in [5, 5.41) is 24.3. The Morgan fingerprint density at radius 1 is 0.918 bits per heavy atom. The van der Waals surface area contributed by atoms with Gasteiger partial charge in [-0.3, -0.25) is 9.36 Å². The molecule has 0 saturated carbocycles. The fraction of sp³-hybridized carbons (Fsp3) is 0.342. The molecule has 3 aromatic heterocycles. The van der Waals surface area contributed by atoms with E-state index in [1.165, 1.54) is 11.4 Å². The second-order valence-corrected chi connectivity index (χ2v) is 15.4. The molecule has 8 bridgehead atoms. The number of fused-ring (bicyclic) bond motifs is 10. The molecule has 5 heterocycles. The molecule has 1 N–H and O–H groups in total. The molecule has 0 radical (unpaired) electrons. The first kappa shape index (κ1) is 32.4. The normalized spacial score (nSPS) is 15.7. The fourth-order valence-corrected chi connectivity index (χ4v) is 9.62. The minimum atomic E-state index is -0.943. The number of carboxylic acids is 1. The molecule has 8 rings (SSSR count). The van der Waals surface area contributed by atoms with Gasteiger partial charge in [0, 0.05) is 76.1 Å². The third-order valence-corrected chi connectivity index (χ3v) is 12.1. The van der Waals surface area contributed by atoms with Gasteiger partial charge in [-0.25, -0.2) is 4.79 Å². The number of aromatic carboxylic acids is 1. The molecular formula is C38H38ClN5O3S2. The summed E-state index contributed by atoms with van der Waals surface area (Å²) in [4.78, 5) is 14.0. The molecule has 252 valence electrons. The number of benzene rings is 3. The van der Waals surface area contributed by atoms with Gasteiger partial charge < -0.3 is 14.4 Å². The van der Waals surface area contributed by atoms with Gasteiger partial charge in [0.2, 0.25) is 0 Å². The van der Waals surface area contributed by atoms with Crippen LogP contribution in [0.3, 0.4) is 0 Å². The lowest BCUT2D eigenvalue weighted by Crippen LogP contribution is -2.09. The molecule has 2 aliphatic heterocycles. The van der Waals surface area contributed by atoms with Crippen LogP contribution in [-0.2, 0) is 50.7 Å². The summed E-state index contributed by atoms with van der Waals surface area (Å²) in [6.45, 7) is 1.33. The number of carbonyl (C=O) groups is 1. The van der Waals surface area contributed by atoms with Gasteiger partial charge in [0.25, 0.3) is 0 Å². The highest BCUT2D eigenvalue weighted by molar-refractivity contribution is 7.98. The van der Waals surface area contributed by atoms with Crippen LogP contribution in [-0.4, -0.2) is 41.8 Å². The number of halogens is 1. The largest absolute Gasteiger partial charge is 0.493 e. The summed E-state index contributed by atoms with van der Waals surface area (Å²) in [5.41, 5.74) is 8.30. The molecule has 0 amide bonds. The summed E-state index contributed by atoms with van der Waals surface area (Å²) in [7, 11) is 3.87. The Balaban J connectivity index is 1.27. The number of hydrogen-bond donors (Lipinski definition) is 1. The number of hydrogen-bond acceptors (Lipinski definition) is 6. The first-order valence-electron chi connectivity index (χ1n) is 16.9. The lowest BCUT2D eigenvalue weighted by Gasteiger charge is -2.13. The molecule has 2 aliphatic rings. The maximum Gasteiger partial charge on any atom is 0.352 e. The minimum Gasteiger partial charge on any atom is -0.493 e. The van der Waals surface area contributed by atoms with Crippen molar-refractivity contribution in [2.75, 3.05) is 6.61 Å². The molecular weight excluding hydrogens is 674 g/mol. The Hall–Kier alpha value is -3.86. The highest BCUT2D eigenvalue weighted by Crippen LogP contribution is 2.44. The van der Waals surface area contributed by atoms with Gasteiger partial charge in [-0.1, -0.05) is 48.4 Å². The monoisotopic (exact) mass is 711 g/mol. The second kappa shape index (κ2) is 13.5. The summed E-state index contributed by atoms with van der Waals surface area (Å²) >= 11 is 10.7. The molecule has 49 heavy (non-hydrogen) atoms. The number of nitrogens with zero attached hydrogens (tertiary/aromatic N) is 5. The van der Waals surface area contributed by atoms with Gasteiger partial charge >= 0.3 is 5.97 Å². The average molecular weight is 712 g/mol. The molecule has 6 aromatic rings. The standard InChI is InChI=1S/C38H38ClN5O3S2/c1-42-36-29-13-14-30(39)34(36)35-31(41-44-15-7-3-4-12-32(35)44)22-48-20-24-18-25(43(2)40-24)21-49-26-17-23-9-5-6-10-27(23)33(19-26)47-16-8-11-28(29)37(42)38(45)46/h5-6,9-10,13-14,17-19H,3-4,7-8,11-12,15-16,20-22H2,1-2H3,(H,45,46). The van der Waals surface area contributed by atoms with Crippen LogP contribution in [0.5, 0.6) is 5.75 Å². The van der Waals surface area contributed by atoms with Crippen LogP contribution in [0.15, 0.2) is 59.5 Å². The van der Waals surface area contributed by atoms with Crippen molar-refractivity contribution >= 4 is 62.8 Å². The van der Waals surface area contributed by atoms with E-state index in [0.717, 1.165) is 104 Å². The van der Waals surface area contributed by atoms with E-state index in [9.17, 15) is 9.90 Å². The van der Waals surface area contributed by atoms with Crippen molar-refractivity contribution in [2.24, 2.45) is 14.1 Å². The number of aromatic nitrogens is 5. The summed E-state index contributed by atoms with van der Waals surface area (Å²) in [6, 6.07) is 18.8. The number of carboxylic acid groups (broad SMARTS) is 1. The maximum absolute atomic E-state index is 12.9. The fourth-order valence-electron chi connectivity index (χ4n) is 7.54. The Bertz CT molecular complexity index is 2240. The molecule has 0 saturated heterocycles. The summed E-state index contributed by atoms with van der Waals surface area (Å²) in [6.07, 6.45) is 5.47. The Labute approximate surface area is 298 Å². The predicted octanol–water partition coefficient (Wildman–Crippen LogP) is 9.06. The molecule has 11 heteroatoms. The average Bonchev–Trinajstić information content (AvgIpc) is 3.64. The maximum atomic E-state index is 12.9. The molecule has 0 spiro atoms. The van der Waals surface area contributed by atoms with Crippen LogP contribution in [0.1, 0.15) is 64.5 Å². The molecule has 0 atom stereocenters. The van der Waals surface area contributed by atoms with E-state index >= 15 is 0 Å². The minimum absolute atomic E-state index is 0.296. The Kier molecular flexibility index (Phi) is 8.88. The van der Waals surface area contributed by atoms with E-state index in [0.29, 0.717) is 35.9 Å². The lowest BCUT2D eigenvalue weighted by atomic mass is 9.96. The van der Waals surface area contributed by atoms with Crippen molar-refractivity contribution in [1.82, 2.24) is 24.1 Å². The van der Waals surface area contributed by atoms with E-state index in [-0.39, 0.29) is 0 Å². The van der Waals surface area contributed by atoms with E-state index in [1.807, 2.05) is 41.5 Å². The van der Waals surface area contributed by atoms with Gasteiger partial charge in [0.15, 0.2) is 0 Å². The molecule has 0 unspecified atom stereocenters. The lowest BCUT2D eigenvalue weighted by molar-refractivity contribution is 0.0685. The summed E-state index contributed by atoms with van der Waals surface area (Å²) in [5.74, 6) is 2.14. The van der Waals surface area contributed by atoms with Gasteiger partial charge in [-0.15, -0.1) is 23.5 Å². The van der Waals surface area contributed by atoms with Crippen molar-refractivity contribution in [3.05, 3.63) is 93.7 Å². The van der Waals surface area contributed by atoms with E-state index in [2.05, 4.69) is 41.1 Å². The van der Waals surface area contributed by atoms with Crippen LogP contribution >= 0.6 is 35.1 Å². The first-order valence-corrected chi connectivity index (χ1v) is 19.4. The number of rotatable bonds is 1. The van der Waals surface area contributed by atoms with Gasteiger partial charge in [-0.2, -0.15) is 10.2 Å². The second-order valence-electron chi connectivity index (χ2n) is 12.9. The summed E-state index contributed by atoms with van der Waals surface area (Å²) < 4.78 is 12.5. The molecule has 0 fully saturated rings. The topological polar surface area (TPSA) is 87.1 Å². The highest BCUT2D eigenvalue weighted by atomic mass is 35.5. The molecule has 0 aliphatic carbocycles. The third kappa shape index (κ3) is 6.02. The van der Waals surface area contributed by atoms with Gasteiger partial charge in [-0.05, 0) is 67.3 Å². The zero-order valence-corrected chi connectivity index (χ0v) is 30.1. The zero-order chi connectivity index (χ0) is 33.6. The van der Waals surface area contributed by atoms with Crippen LogP contribution in [0.2, 0.25) is 5.02 Å². The van der Waals surface area contributed by atoms with Crippen molar-refractivity contribution in [1.29, 1.82) is 0 Å². The van der Waals surface area contributed by atoms with E-state index < -0.39 is 5.97 Å². The van der Waals surface area contributed by atoms with Crippen molar-refractivity contribution in [3.63, 3.8) is 0 Å². The van der Waals surface area contributed by atoms with Crippen molar-refractivity contribution in [2.45, 2.75) is 67.2 Å². The Morgan fingerprint density at radius 2 is 1.80 bits per heavy atom. The first-order chi connectivity index (χ1) is 23.9. The molecule has 8 nitrogen and oxygen atoms in total. The van der Waals surface area contributed by atoms with Crippen molar-refractivity contribution < 1.29 is 14.6 Å². The third-order valence-electron chi connectivity index (χ3n) is 9.80. The van der Waals surface area contributed by atoms with Crippen LogP contribution in [0.4, 0.5) is 0 Å². The number of thioether (sulfide) groups is 2. The zero-order valence-electron chi connectivity index (χ0n) is 27.7. The van der Waals surface area contributed by atoms with E-state index in [1.54, 1.807) is 23.5 Å². The van der Waals surface area contributed by atoms with Crippen molar-refractivity contribution in [3.8, 4) is 16.9 Å². The van der Waals surface area contributed by atoms with Gasteiger partial charge in [0.05, 0.1) is 28.5 Å². The Morgan fingerprint density at radius 3 is 2.67 bits per heavy atom. The smallest absolute Gasteiger partial charge is 0.352 e. The van der Waals surface area contributed by atoms with Crippen LogP contribution in [0, 0.1) is 0 Å². The van der Waals surface area contributed by atoms with Crippen LogP contribution in [0.25, 0.3) is 32.8 Å². The number of ether oxygens (including phenoxy) is 1. The highest BCUT2D eigenvalue weighted by Gasteiger charge is 2.29. The van der Waals surface area contributed by atoms with Gasteiger partial charge in [0.1, 0.15) is 11.4 Å². The quantitative estimate of drug-likeness (QED) is 0.182. The van der Waals surface area contributed by atoms with E-state index in [4.69, 9.17) is 26.5 Å².